The Morgan fingerprint density at radius 2 is 2.00 bits per heavy atom. The zero-order chi connectivity index (χ0) is 21.9. The Bertz CT molecular complexity index is 1350. The van der Waals surface area contributed by atoms with Crippen molar-refractivity contribution in [2.24, 2.45) is 5.92 Å². The summed E-state index contributed by atoms with van der Waals surface area (Å²) in [5, 5.41) is 7.23. The lowest BCUT2D eigenvalue weighted by Gasteiger charge is -2.25. The second-order valence-corrected chi connectivity index (χ2v) is 8.20. The van der Waals surface area contributed by atoms with Gasteiger partial charge in [-0.2, -0.15) is 0 Å². The van der Waals surface area contributed by atoms with Crippen LogP contribution in [-0.4, -0.2) is 31.8 Å². The molecule has 3 heterocycles. The molecule has 5 rings (SSSR count). The Balaban J connectivity index is 1.26. The van der Waals surface area contributed by atoms with Gasteiger partial charge in [0.1, 0.15) is 17.2 Å². The first-order valence-electron chi connectivity index (χ1n) is 10.9. The van der Waals surface area contributed by atoms with E-state index in [1.165, 1.54) is 29.7 Å². The molecule has 1 aromatic carbocycles. The highest BCUT2D eigenvalue weighted by Gasteiger charge is 2.16. The summed E-state index contributed by atoms with van der Waals surface area (Å²) in [6, 6.07) is 12.3. The Hall–Kier alpha value is -3.65. The Morgan fingerprint density at radius 1 is 1.09 bits per heavy atom. The van der Waals surface area contributed by atoms with Gasteiger partial charge < -0.3 is 10.6 Å². The normalized spacial score (nSPS) is 13.9. The monoisotopic (exact) mass is 428 g/mol. The highest BCUT2D eigenvalue weighted by Crippen LogP contribution is 2.25. The summed E-state index contributed by atoms with van der Waals surface area (Å²) in [6.07, 6.45) is 7.42. The quantitative estimate of drug-likeness (QED) is 0.469. The molecule has 0 bridgehead atoms. The van der Waals surface area contributed by atoms with E-state index >= 15 is 0 Å². The molecule has 3 aromatic heterocycles. The molecule has 2 N–H and O–H groups in total. The molecule has 1 aliphatic carbocycles. The third-order valence-corrected chi connectivity index (χ3v) is 5.89. The summed E-state index contributed by atoms with van der Waals surface area (Å²) in [5.41, 5.74) is 2.00. The van der Waals surface area contributed by atoms with Crippen LogP contribution in [0, 0.1) is 5.92 Å². The van der Waals surface area contributed by atoms with Crippen LogP contribution in [0.25, 0.3) is 16.6 Å². The van der Waals surface area contributed by atoms with E-state index in [1.807, 2.05) is 24.4 Å². The molecule has 1 fully saturated rings. The molecule has 1 aliphatic rings. The summed E-state index contributed by atoms with van der Waals surface area (Å²) < 4.78 is 1.40. The third kappa shape index (κ3) is 4.36. The second-order valence-electron chi connectivity index (χ2n) is 8.20. The molecular formula is C24H24N6O2. The molecule has 162 valence electrons. The van der Waals surface area contributed by atoms with Crippen molar-refractivity contribution in [1.82, 2.24) is 30.0 Å². The highest BCUT2D eigenvalue weighted by atomic mass is 16.2. The molecule has 0 saturated heterocycles. The predicted molar refractivity (Wildman–Crippen MR) is 121 cm³/mol. The van der Waals surface area contributed by atoms with Gasteiger partial charge in [0, 0.05) is 30.4 Å². The summed E-state index contributed by atoms with van der Waals surface area (Å²) in [7, 11) is 0. The molecule has 0 spiro atoms. The van der Waals surface area contributed by atoms with Crippen LogP contribution in [0.5, 0.6) is 0 Å². The number of carbonyl (C=O) groups excluding carboxylic acids is 1. The second kappa shape index (κ2) is 8.84. The van der Waals surface area contributed by atoms with Crippen LogP contribution < -0.4 is 16.2 Å². The van der Waals surface area contributed by atoms with E-state index in [-0.39, 0.29) is 11.3 Å². The van der Waals surface area contributed by atoms with Crippen molar-refractivity contribution in [3.05, 3.63) is 82.3 Å². The average molecular weight is 428 g/mol. The van der Waals surface area contributed by atoms with Crippen molar-refractivity contribution in [1.29, 1.82) is 0 Å². The first-order valence-corrected chi connectivity index (χ1v) is 10.9. The first-order chi connectivity index (χ1) is 15.7. The SMILES string of the molecule is O=C(NCc1ccc2cnc(CNCC3CCC3)nc2c1)c1cc(=O)n2ccccc2n1. The molecule has 4 aromatic rings. The maximum Gasteiger partial charge on any atom is 0.270 e. The van der Waals surface area contributed by atoms with Crippen LogP contribution in [0.2, 0.25) is 0 Å². The van der Waals surface area contributed by atoms with E-state index in [9.17, 15) is 9.59 Å². The predicted octanol–water partition coefficient (Wildman–Crippen LogP) is 2.46. The van der Waals surface area contributed by atoms with Gasteiger partial charge in [0.2, 0.25) is 0 Å². The van der Waals surface area contributed by atoms with Crippen molar-refractivity contribution >= 4 is 22.5 Å². The fraction of sp³-hybridized carbons (Fsp3) is 0.292. The minimum absolute atomic E-state index is 0.101. The highest BCUT2D eigenvalue weighted by molar-refractivity contribution is 5.92. The van der Waals surface area contributed by atoms with E-state index in [0.717, 1.165) is 34.8 Å². The minimum atomic E-state index is -0.392. The molecular weight excluding hydrogens is 404 g/mol. The van der Waals surface area contributed by atoms with Gasteiger partial charge >= 0.3 is 0 Å². The fourth-order valence-corrected chi connectivity index (χ4v) is 3.83. The van der Waals surface area contributed by atoms with Gasteiger partial charge in [-0.05, 0) is 49.1 Å². The Kier molecular flexibility index (Phi) is 5.60. The topological polar surface area (TPSA) is 101 Å². The lowest BCUT2D eigenvalue weighted by atomic mass is 9.85. The summed E-state index contributed by atoms with van der Waals surface area (Å²) in [4.78, 5) is 38.2. The van der Waals surface area contributed by atoms with E-state index in [0.29, 0.717) is 18.7 Å². The molecule has 0 aliphatic heterocycles. The smallest absolute Gasteiger partial charge is 0.270 e. The molecule has 0 unspecified atom stereocenters. The Morgan fingerprint density at radius 3 is 2.84 bits per heavy atom. The summed E-state index contributed by atoms with van der Waals surface area (Å²) >= 11 is 0. The molecule has 0 radical (unpaired) electrons. The zero-order valence-electron chi connectivity index (χ0n) is 17.6. The number of hydrogen-bond donors (Lipinski definition) is 2. The van der Waals surface area contributed by atoms with E-state index in [4.69, 9.17) is 0 Å². The van der Waals surface area contributed by atoms with Crippen molar-refractivity contribution < 1.29 is 4.79 Å². The van der Waals surface area contributed by atoms with Gasteiger partial charge in [-0.1, -0.05) is 24.6 Å². The standard InChI is InChI=1S/C24H24N6O2/c31-23-11-20(29-22-6-1-2-9-30(22)23)24(32)27-13-17-7-8-18-14-26-21(28-19(18)10-17)15-25-12-16-4-3-5-16/h1-2,6-11,14,16,25H,3-5,12-13,15H2,(H,27,32). The van der Waals surface area contributed by atoms with Gasteiger partial charge in [-0.25, -0.2) is 15.0 Å². The van der Waals surface area contributed by atoms with Crippen molar-refractivity contribution in [2.75, 3.05) is 6.54 Å². The van der Waals surface area contributed by atoms with Crippen molar-refractivity contribution in [3.8, 4) is 0 Å². The molecule has 1 amide bonds. The number of carbonyl (C=O) groups is 1. The van der Waals surface area contributed by atoms with Gasteiger partial charge in [0.15, 0.2) is 0 Å². The number of aromatic nitrogens is 4. The number of pyridine rings is 1. The van der Waals surface area contributed by atoms with E-state index < -0.39 is 5.91 Å². The fourth-order valence-electron chi connectivity index (χ4n) is 3.83. The number of nitrogens with zero attached hydrogens (tertiary/aromatic N) is 4. The largest absolute Gasteiger partial charge is 0.347 e. The average Bonchev–Trinajstić information content (AvgIpc) is 2.78. The maximum atomic E-state index is 12.6. The van der Waals surface area contributed by atoms with Crippen LogP contribution in [0.4, 0.5) is 0 Å². The lowest BCUT2D eigenvalue weighted by molar-refractivity contribution is 0.0946. The van der Waals surface area contributed by atoms with Crippen LogP contribution in [0.3, 0.4) is 0 Å². The van der Waals surface area contributed by atoms with Gasteiger partial charge in [0.05, 0.1) is 12.1 Å². The summed E-state index contributed by atoms with van der Waals surface area (Å²) in [5.74, 6) is 1.16. The third-order valence-electron chi connectivity index (χ3n) is 5.89. The molecule has 1 saturated carbocycles. The molecule has 32 heavy (non-hydrogen) atoms. The van der Waals surface area contributed by atoms with Crippen LogP contribution in [-0.2, 0) is 13.1 Å². The van der Waals surface area contributed by atoms with Gasteiger partial charge in [-0.3, -0.25) is 14.0 Å². The van der Waals surface area contributed by atoms with Crippen LogP contribution in [0.1, 0.15) is 41.1 Å². The van der Waals surface area contributed by atoms with Crippen molar-refractivity contribution in [3.63, 3.8) is 0 Å². The lowest BCUT2D eigenvalue weighted by Crippen LogP contribution is -2.27. The zero-order valence-corrected chi connectivity index (χ0v) is 17.6. The number of amides is 1. The maximum absolute atomic E-state index is 12.6. The van der Waals surface area contributed by atoms with E-state index in [2.05, 4.69) is 25.6 Å². The van der Waals surface area contributed by atoms with Gasteiger partial charge in [0.25, 0.3) is 11.5 Å². The number of rotatable bonds is 7. The number of nitrogens with one attached hydrogen (secondary N) is 2. The number of hydrogen-bond acceptors (Lipinski definition) is 6. The van der Waals surface area contributed by atoms with Gasteiger partial charge in [-0.15, -0.1) is 0 Å². The molecule has 0 atom stereocenters. The first kappa shape index (κ1) is 20.3. The number of fused-ring (bicyclic) bond motifs is 2. The molecule has 8 heteroatoms. The molecule has 8 nitrogen and oxygen atoms in total. The number of benzene rings is 1. The van der Waals surface area contributed by atoms with Crippen molar-refractivity contribution in [2.45, 2.75) is 32.4 Å². The minimum Gasteiger partial charge on any atom is -0.347 e. The van der Waals surface area contributed by atoms with Crippen LogP contribution in [0.15, 0.2) is 59.7 Å². The van der Waals surface area contributed by atoms with Crippen LogP contribution >= 0.6 is 0 Å². The summed E-state index contributed by atoms with van der Waals surface area (Å²) in [6.45, 7) is 1.97. The van der Waals surface area contributed by atoms with E-state index in [1.54, 1.807) is 24.4 Å². The Labute approximate surface area is 184 Å².